The van der Waals surface area contributed by atoms with E-state index in [0.29, 0.717) is 11.8 Å². The van der Waals surface area contributed by atoms with Gasteiger partial charge in [0, 0.05) is 5.92 Å². The summed E-state index contributed by atoms with van der Waals surface area (Å²) in [4.78, 5) is 10.6. The Morgan fingerprint density at radius 3 is 2.20 bits per heavy atom. The summed E-state index contributed by atoms with van der Waals surface area (Å²) in [6.07, 6.45) is 3.44. The molecule has 0 spiro atoms. The Morgan fingerprint density at radius 2 is 2.00 bits per heavy atom. The third-order valence-corrected chi connectivity index (χ3v) is 3.30. The van der Waals surface area contributed by atoms with Crippen molar-refractivity contribution in [2.75, 3.05) is 0 Å². The fourth-order valence-electron chi connectivity index (χ4n) is 1.78. The molecule has 10 heavy (non-hydrogen) atoms. The standard InChI is InChI=1S/C9H16O/c1-7-4-5-8(6-10)9(7,2)3/h6-8H,4-5H2,1-3H3. The van der Waals surface area contributed by atoms with Crippen LogP contribution in [-0.2, 0) is 4.79 Å². The molecular formula is C9H16O. The van der Waals surface area contributed by atoms with Gasteiger partial charge in [0.05, 0.1) is 0 Å². The molecule has 2 atom stereocenters. The van der Waals surface area contributed by atoms with E-state index in [1.54, 1.807) is 0 Å². The quantitative estimate of drug-likeness (QED) is 0.510. The van der Waals surface area contributed by atoms with Crippen LogP contribution in [0.3, 0.4) is 0 Å². The Labute approximate surface area is 62.8 Å². The first-order chi connectivity index (χ1) is 4.59. The van der Waals surface area contributed by atoms with Crippen molar-refractivity contribution in [1.29, 1.82) is 0 Å². The van der Waals surface area contributed by atoms with Crippen molar-refractivity contribution in [3.63, 3.8) is 0 Å². The minimum absolute atomic E-state index is 0.252. The molecule has 2 unspecified atom stereocenters. The number of carbonyl (C=O) groups excluding carboxylic acids is 1. The second-order valence-corrected chi connectivity index (χ2v) is 4.04. The average Bonchev–Trinajstić information content (AvgIpc) is 2.10. The Bertz CT molecular complexity index is 138. The number of hydrogen-bond donors (Lipinski definition) is 0. The molecule has 1 fully saturated rings. The van der Waals surface area contributed by atoms with Crippen LogP contribution in [-0.4, -0.2) is 6.29 Å². The Morgan fingerprint density at radius 1 is 1.40 bits per heavy atom. The van der Waals surface area contributed by atoms with Crippen molar-refractivity contribution in [3.8, 4) is 0 Å². The van der Waals surface area contributed by atoms with E-state index < -0.39 is 0 Å². The molecule has 1 aliphatic rings. The molecule has 0 amide bonds. The van der Waals surface area contributed by atoms with Gasteiger partial charge in [-0.2, -0.15) is 0 Å². The first kappa shape index (κ1) is 7.77. The summed E-state index contributed by atoms with van der Waals surface area (Å²) in [5.41, 5.74) is 0.252. The summed E-state index contributed by atoms with van der Waals surface area (Å²) in [6.45, 7) is 6.64. The molecule has 0 heterocycles. The zero-order chi connectivity index (χ0) is 7.78. The molecule has 0 N–H and O–H groups in total. The highest BCUT2D eigenvalue weighted by Crippen LogP contribution is 2.45. The van der Waals surface area contributed by atoms with Crippen molar-refractivity contribution >= 4 is 6.29 Å². The molecule has 0 aliphatic heterocycles. The van der Waals surface area contributed by atoms with Crippen LogP contribution in [0.15, 0.2) is 0 Å². The zero-order valence-electron chi connectivity index (χ0n) is 7.05. The van der Waals surface area contributed by atoms with Gasteiger partial charge in [0.2, 0.25) is 0 Å². The Balaban J connectivity index is 2.73. The topological polar surface area (TPSA) is 17.1 Å². The van der Waals surface area contributed by atoms with Gasteiger partial charge in [-0.1, -0.05) is 20.8 Å². The lowest BCUT2D eigenvalue weighted by atomic mass is 9.77. The van der Waals surface area contributed by atoms with Crippen LogP contribution < -0.4 is 0 Å². The molecule has 1 rings (SSSR count). The lowest BCUT2D eigenvalue weighted by Crippen LogP contribution is -2.23. The smallest absolute Gasteiger partial charge is 0.123 e. The second kappa shape index (κ2) is 2.37. The Hall–Kier alpha value is -0.330. The summed E-state index contributed by atoms with van der Waals surface area (Å²) < 4.78 is 0. The molecule has 58 valence electrons. The molecule has 1 nitrogen and oxygen atoms in total. The predicted molar refractivity (Wildman–Crippen MR) is 41.7 cm³/mol. The van der Waals surface area contributed by atoms with Crippen molar-refractivity contribution in [1.82, 2.24) is 0 Å². The van der Waals surface area contributed by atoms with Crippen LogP contribution in [0.2, 0.25) is 0 Å². The van der Waals surface area contributed by atoms with Crippen LogP contribution in [0.25, 0.3) is 0 Å². The van der Waals surface area contributed by atoms with Crippen molar-refractivity contribution < 1.29 is 4.79 Å². The van der Waals surface area contributed by atoms with E-state index in [1.165, 1.54) is 6.42 Å². The Kier molecular flexibility index (Phi) is 1.84. The van der Waals surface area contributed by atoms with E-state index in [9.17, 15) is 4.79 Å². The molecule has 0 bridgehead atoms. The highest BCUT2D eigenvalue weighted by Gasteiger charge is 2.39. The number of rotatable bonds is 1. The van der Waals surface area contributed by atoms with Crippen LogP contribution in [0.1, 0.15) is 33.6 Å². The van der Waals surface area contributed by atoms with Gasteiger partial charge in [-0.3, -0.25) is 0 Å². The molecule has 0 aromatic heterocycles. The molecule has 1 heteroatoms. The molecule has 0 saturated heterocycles. The van der Waals surface area contributed by atoms with E-state index in [0.717, 1.165) is 12.7 Å². The molecule has 0 aromatic carbocycles. The van der Waals surface area contributed by atoms with Crippen LogP contribution >= 0.6 is 0 Å². The third kappa shape index (κ3) is 0.979. The van der Waals surface area contributed by atoms with Crippen molar-refractivity contribution in [2.45, 2.75) is 33.6 Å². The van der Waals surface area contributed by atoms with Crippen LogP contribution in [0.5, 0.6) is 0 Å². The number of carbonyl (C=O) groups is 1. The van der Waals surface area contributed by atoms with Crippen molar-refractivity contribution in [3.05, 3.63) is 0 Å². The second-order valence-electron chi connectivity index (χ2n) is 4.04. The van der Waals surface area contributed by atoms with Gasteiger partial charge >= 0.3 is 0 Å². The fraction of sp³-hybridized carbons (Fsp3) is 0.889. The summed E-state index contributed by atoms with van der Waals surface area (Å²) in [5.74, 6) is 1.02. The lowest BCUT2D eigenvalue weighted by molar-refractivity contribution is -0.113. The molecular weight excluding hydrogens is 124 g/mol. The van der Waals surface area contributed by atoms with E-state index >= 15 is 0 Å². The summed E-state index contributed by atoms with van der Waals surface area (Å²) >= 11 is 0. The van der Waals surface area contributed by atoms with E-state index in [-0.39, 0.29) is 5.41 Å². The molecule has 1 aliphatic carbocycles. The fourth-order valence-corrected chi connectivity index (χ4v) is 1.78. The third-order valence-electron chi connectivity index (χ3n) is 3.30. The van der Waals surface area contributed by atoms with Gasteiger partial charge in [-0.05, 0) is 24.2 Å². The van der Waals surface area contributed by atoms with Gasteiger partial charge in [0.15, 0.2) is 0 Å². The predicted octanol–water partition coefficient (Wildman–Crippen LogP) is 2.26. The first-order valence-electron chi connectivity index (χ1n) is 4.04. The molecule has 0 aromatic rings. The van der Waals surface area contributed by atoms with Crippen molar-refractivity contribution in [2.24, 2.45) is 17.3 Å². The van der Waals surface area contributed by atoms with E-state index in [4.69, 9.17) is 0 Å². The molecule has 1 saturated carbocycles. The SMILES string of the molecule is CC1CCC(C=O)C1(C)C. The molecule has 0 radical (unpaired) electrons. The van der Waals surface area contributed by atoms with Gasteiger partial charge < -0.3 is 4.79 Å². The summed E-state index contributed by atoms with van der Waals surface area (Å²) in [5, 5.41) is 0. The highest BCUT2D eigenvalue weighted by atomic mass is 16.1. The summed E-state index contributed by atoms with van der Waals surface area (Å²) in [7, 11) is 0. The van der Waals surface area contributed by atoms with Gasteiger partial charge in [-0.15, -0.1) is 0 Å². The largest absolute Gasteiger partial charge is 0.303 e. The van der Waals surface area contributed by atoms with E-state index in [2.05, 4.69) is 20.8 Å². The highest BCUT2D eigenvalue weighted by molar-refractivity contribution is 5.55. The number of aldehydes is 1. The number of hydrogen-bond acceptors (Lipinski definition) is 1. The first-order valence-corrected chi connectivity index (χ1v) is 4.04. The van der Waals surface area contributed by atoms with Gasteiger partial charge in [0.25, 0.3) is 0 Å². The van der Waals surface area contributed by atoms with E-state index in [1.807, 2.05) is 0 Å². The van der Waals surface area contributed by atoms with Gasteiger partial charge in [-0.25, -0.2) is 0 Å². The monoisotopic (exact) mass is 140 g/mol. The van der Waals surface area contributed by atoms with Crippen LogP contribution in [0.4, 0.5) is 0 Å². The average molecular weight is 140 g/mol. The maximum atomic E-state index is 10.6. The minimum atomic E-state index is 0.252. The zero-order valence-corrected chi connectivity index (χ0v) is 7.05. The lowest BCUT2D eigenvalue weighted by Gasteiger charge is -2.27. The maximum absolute atomic E-state index is 10.6. The maximum Gasteiger partial charge on any atom is 0.123 e. The summed E-state index contributed by atoms with van der Waals surface area (Å²) in [6, 6.07) is 0. The normalized spacial score (nSPS) is 37.9. The van der Waals surface area contributed by atoms with Crippen LogP contribution in [0, 0.1) is 17.3 Å². The van der Waals surface area contributed by atoms with Gasteiger partial charge in [0.1, 0.15) is 6.29 Å². The minimum Gasteiger partial charge on any atom is -0.303 e.